The number of rotatable bonds is 11. The molecular weight excluding hydrogens is 575 g/mol. The third-order valence-corrected chi connectivity index (χ3v) is 10.1. The first-order valence-electron chi connectivity index (χ1n) is 14.7. The number of imidazole rings is 1. The molecule has 0 bridgehead atoms. The van der Waals surface area contributed by atoms with Crippen molar-refractivity contribution in [1.82, 2.24) is 14.9 Å². The van der Waals surface area contributed by atoms with Crippen LogP contribution in [-0.2, 0) is 24.4 Å². The molecule has 0 radical (unpaired) electrons. The van der Waals surface area contributed by atoms with Gasteiger partial charge in [-0.3, -0.25) is 9.59 Å². The fraction of sp³-hybridized carbons (Fsp3) is 0.294. The highest BCUT2D eigenvalue weighted by Crippen LogP contribution is 2.32. The van der Waals surface area contributed by atoms with Gasteiger partial charge in [-0.05, 0) is 71.1 Å². The van der Waals surface area contributed by atoms with Crippen LogP contribution in [0.3, 0.4) is 0 Å². The van der Waals surface area contributed by atoms with Gasteiger partial charge in [0, 0.05) is 34.4 Å². The number of hydrogen-bond donors (Lipinski definition) is 1. The Hall–Kier alpha value is -4.26. The topological polar surface area (TPSA) is 91.0 Å². The van der Waals surface area contributed by atoms with Crippen LogP contribution in [0.2, 0.25) is 0 Å². The van der Waals surface area contributed by atoms with Crippen LogP contribution in [0.1, 0.15) is 69.9 Å². The van der Waals surface area contributed by atoms with Crippen LogP contribution < -0.4 is 10.2 Å². The summed E-state index contributed by atoms with van der Waals surface area (Å²) < 4.78 is 3.06. The smallest absolute Gasteiger partial charge is 0.261 e. The first-order valence-corrected chi connectivity index (χ1v) is 16.4. The Kier molecular flexibility index (Phi) is 8.96. The minimum absolute atomic E-state index is 0.0904. The molecule has 1 aliphatic carbocycles. The molecule has 3 aromatic heterocycles. The van der Waals surface area contributed by atoms with Crippen LogP contribution >= 0.6 is 22.7 Å². The van der Waals surface area contributed by atoms with Crippen molar-refractivity contribution in [3.63, 3.8) is 0 Å². The summed E-state index contributed by atoms with van der Waals surface area (Å²) in [6.07, 6.45) is 9.97. The number of benzene rings is 2. The van der Waals surface area contributed by atoms with Crippen LogP contribution in [0.15, 0.2) is 78.6 Å². The first-order chi connectivity index (χ1) is 21.1. The Morgan fingerprint density at radius 2 is 1.93 bits per heavy atom. The Balaban J connectivity index is 1.23. The first kappa shape index (κ1) is 28.8. The number of thiophene rings is 2. The molecule has 2 aromatic carbocycles. The van der Waals surface area contributed by atoms with E-state index in [2.05, 4.69) is 20.9 Å². The van der Waals surface area contributed by atoms with E-state index in [0.29, 0.717) is 42.4 Å². The summed E-state index contributed by atoms with van der Waals surface area (Å²) in [6, 6.07) is 21.6. The van der Waals surface area contributed by atoms with E-state index in [1.165, 1.54) is 37.0 Å². The number of nitriles is 1. The van der Waals surface area contributed by atoms with Crippen molar-refractivity contribution >= 4 is 50.3 Å². The molecule has 0 unspecified atom stereocenters. The van der Waals surface area contributed by atoms with E-state index >= 15 is 0 Å². The average Bonchev–Trinajstić information content (AvgIpc) is 3.86. The van der Waals surface area contributed by atoms with Gasteiger partial charge < -0.3 is 14.8 Å². The van der Waals surface area contributed by atoms with E-state index in [-0.39, 0.29) is 11.8 Å². The van der Waals surface area contributed by atoms with Gasteiger partial charge in [0.15, 0.2) is 0 Å². The Morgan fingerprint density at radius 3 is 2.70 bits per heavy atom. The summed E-state index contributed by atoms with van der Waals surface area (Å²) in [5.41, 5.74) is 3.43. The summed E-state index contributed by atoms with van der Waals surface area (Å²) in [7, 11) is 0. The number of fused-ring (bicyclic) bond motifs is 1. The number of hydrogen-bond acceptors (Lipinski definition) is 6. The fourth-order valence-corrected chi connectivity index (χ4v) is 7.33. The highest BCUT2D eigenvalue weighted by molar-refractivity contribution is 7.20. The predicted octanol–water partition coefficient (Wildman–Crippen LogP) is 7.51. The van der Waals surface area contributed by atoms with Crippen molar-refractivity contribution in [2.45, 2.75) is 58.2 Å². The zero-order chi connectivity index (χ0) is 29.6. The van der Waals surface area contributed by atoms with Gasteiger partial charge in [-0.15, -0.1) is 22.7 Å². The highest BCUT2D eigenvalue weighted by atomic mass is 32.1. The maximum absolute atomic E-state index is 13.8. The second-order valence-electron chi connectivity index (χ2n) is 11.1. The SMILES string of the molecule is N#Cc1ccc(Cn2cncc2CN(C(=O)CCC2CCCC2)c2ccc3sc(C(=O)NCc4cccs4)cc3c2)cc1. The highest BCUT2D eigenvalue weighted by Gasteiger charge is 2.22. The molecule has 1 saturated carbocycles. The number of anilines is 1. The van der Waals surface area contributed by atoms with Crippen molar-refractivity contribution in [3.8, 4) is 6.07 Å². The predicted molar refractivity (Wildman–Crippen MR) is 172 cm³/mol. The number of amides is 2. The van der Waals surface area contributed by atoms with E-state index in [1.807, 2.05) is 77.1 Å². The largest absolute Gasteiger partial charge is 0.346 e. The van der Waals surface area contributed by atoms with Crippen LogP contribution in [-0.4, -0.2) is 21.4 Å². The number of carbonyl (C=O) groups is 2. The van der Waals surface area contributed by atoms with Crippen LogP contribution in [0.5, 0.6) is 0 Å². The van der Waals surface area contributed by atoms with Gasteiger partial charge in [-0.1, -0.05) is 43.9 Å². The van der Waals surface area contributed by atoms with Crippen LogP contribution in [0, 0.1) is 17.2 Å². The van der Waals surface area contributed by atoms with Gasteiger partial charge in [0.1, 0.15) is 0 Å². The third kappa shape index (κ3) is 7.04. The van der Waals surface area contributed by atoms with Gasteiger partial charge in [-0.2, -0.15) is 5.26 Å². The standard InChI is InChI=1S/C34H33N5O2S2/c35-18-25-7-9-26(10-8-25)21-38-23-36-19-29(38)22-39(33(40)14-11-24-4-1-2-5-24)28-12-13-31-27(16-28)17-32(43-31)34(41)37-20-30-6-3-15-42-30/h3,6-10,12-13,15-17,19,23-24H,1-2,4-5,11,14,20-22H2,(H,37,41). The summed E-state index contributed by atoms with van der Waals surface area (Å²) in [6.45, 7) is 1.50. The van der Waals surface area contributed by atoms with E-state index in [9.17, 15) is 9.59 Å². The molecule has 0 saturated heterocycles. The van der Waals surface area contributed by atoms with E-state index in [1.54, 1.807) is 17.7 Å². The number of nitrogens with zero attached hydrogens (tertiary/aromatic N) is 4. The van der Waals surface area contributed by atoms with Gasteiger partial charge >= 0.3 is 0 Å². The number of nitrogens with one attached hydrogen (secondary N) is 1. The Morgan fingerprint density at radius 1 is 1.09 bits per heavy atom. The fourth-order valence-electron chi connectivity index (χ4n) is 5.73. The van der Waals surface area contributed by atoms with Crippen molar-refractivity contribution < 1.29 is 9.59 Å². The van der Waals surface area contributed by atoms with Gasteiger partial charge in [0.2, 0.25) is 5.91 Å². The lowest BCUT2D eigenvalue weighted by Crippen LogP contribution is -2.31. The van der Waals surface area contributed by atoms with Gasteiger partial charge in [0.25, 0.3) is 5.91 Å². The molecule has 1 N–H and O–H groups in total. The zero-order valence-electron chi connectivity index (χ0n) is 23.9. The van der Waals surface area contributed by atoms with E-state index in [0.717, 1.165) is 38.3 Å². The number of carbonyl (C=O) groups excluding carboxylic acids is 2. The maximum atomic E-state index is 13.8. The molecule has 9 heteroatoms. The molecule has 43 heavy (non-hydrogen) atoms. The molecule has 0 atom stereocenters. The van der Waals surface area contributed by atoms with E-state index < -0.39 is 0 Å². The third-order valence-electron chi connectivity index (χ3n) is 8.14. The van der Waals surface area contributed by atoms with Crippen molar-refractivity contribution in [1.29, 1.82) is 5.26 Å². The van der Waals surface area contributed by atoms with Gasteiger partial charge in [0.05, 0.1) is 41.6 Å². The van der Waals surface area contributed by atoms with Crippen molar-refractivity contribution in [3.05, 3.63) is 105 Å². The summed E-state index contributed by atoms with van der Waals surface area (Å²) in [5, 5.41) is 15.1. The average molecular weight is 608 g/mol. The summed E-state index contributed by atoms with van der Waals surface area (Å²) >= 11 is 3.09. The van der Waals surface area contributed by atoms with Gasteiger partial charge in [-0.25, -0.2) is 4.98 Å². The molecule has 3 heterocycles. The number of aromatic nitrogens is 2. The normalized spacial score (nSPS) is 13.3. The van der Waals surface area contributed by atoms with E-state index in [4.69, 9.17) is 5.26 Å². The van der Waals surface area contributed by atoms with Crippen molar-refractivity contribution in [2.75, 3.05) is 4.90 Å². The lowest BCUT2D eigenvalue weighted by molar-refractivity contribution is -0.119. The summed E-state index contributed by atoms with van der Waals surface area (Å²) in [5.74, 6) is 0.635. The summed E-state index contributed by atoms with van der Waals surface area (Å²) in [4.78, 5) is 34.8. The molecule has 0 aliphatic heterocycles. The molecule has 7 nitrogen and oxygen atoms in total. The molecule has 1 fully saturated rings. The molecule has 0 spiro atoms. The lowest BCUT2D eigenvalue weighted by atomic mass is 10.0. The molecule has 1 aliphatic rings. The molecule has 5 aromatic rings. The molecule has 2 amide bonds. The van der Waals surface area contributed by atoms with Crippen LogP contribution in [0.4, 0.5) is 5.69 Å². The second kappa shape index (κ2) is 13.4. The minimum atomic E-state index is -0.0904. The Bertz CT molecular complexity index is 1740. The molecule has 6 rings (SSSR count). The Labute approximate surface area is 259 Å². The lowest BCUT2D eigenvalue weighted by Gasteiger charge is -2.24. The monoisotopic (exact) mass is 607 g/mol. The zero-order valence-corrected chi connectivity index (χ0v) is 25.5. The van der Waals surface area contributed by atoms with Crippen molar-refractivity contribution in [2.24, 2.45) is 5.92 Å². The quantitative estimate of drug-likeness (QED) is 0.168. The molecule has 218 valence electrons. The maximum Gasteiger partial charge on any atom is 0.261 e. The minimum Gasteiger partial charge on any atom is -0.346 e. The van der Waals surface area contributed by atoms with Crippen LogP contribution in [0.25, 0.3) is 10.1 Å². The molecular formula is C34H33N5O2S2. The second-order valence-corrected chi connectivity index (χ2v) is 13.2.